The van der Waals surface area contributed by atoms with Gasteiger partial charge >= 0.3 is 0 Å². The lowest BCUT2D eigenvalue weighted by atomic mass is 9.80. The van der Waals surface area contributed by atoms with Crippen molar-refractivity contribution in [3.63, 3.8) is 0 Å². The highest BCUT2D eigenvalue weighted by atomic mass is 32.1. The zero-order valence-electron chi connectivity index (χ0n) is 18.6. The minimum absolute atomic E-state index is 0.224. The van der Waals surface area contributed by atoms with E-state index in [-0.39, 0.29) is 12.1 Å². The minimum Gasteiger partial charge on any atom is -0.390 e. The van der Waals surface area contributed by atoms with Gasteiger partial charge in [-0.3, -0.25) is 0 Å². The Kier molecular flexibility index (Phi) is 5.48. The number of aromatic nitrogens is 4. The Morgan fingerprint density at radius 2 is 2.21 bits per heavy atom. The minimum atomic E-state index is -0.942. The van der Waals surface area contributed by atoms with E-state index in [4.69, 9.17) is 10.5 Å². The van der Waals surface area contributed by atoms with Gasteiger partial charge in [0, 0.05) is 18.7 Å². The normalized spacial score (nSPS) is 29.6. The molecule has 9 nitrogen and oxygen atoms in total. The average molecular weight is 469 g/mol. The van der Waals surface area contributed by atoms with Gasteiger partial charge in [-0.15, -0.1) is 0 Å². The number of hydrogen-bond donors (Lipinski definition) is 4. The summed E-state index contributed by atoms with van der Waals surface area (Å²) in [5.41, 5.74) is 7.86. The van der Waals surface area contributed by atoms with Gasteiger partial charge in [-0.05, 0) is 37.5 Å². The molecule has 5 atom stereocenters. The second-order valence-corrected chi connectivity index (χ2v) is 9.95. The zero-order valence-corrected chi connectivity index (χ0v) is 19.4. The molecule has 0 unspecified atom stereocenters. The van der Waals surface area contributed by atoms with E-state index in [0.29, 0.717) is 30.9 Å². The molecule has 1 aliphatic carbocycles. The summed E-state index contributed by atoms with van der Waals surface area (Å²) in [4.78, 5) is 13.9. The van der Waals surface area contributed by atoms with Gasteiger partial charge in [0.2, 0.25) is 0 Å². The molecule has 1 aliphatic heterocycles. The molecule has 2 aliphatic rings. The Morgan fingerprint density at radius 1 is 1.39 bits per heavy atom. The van der Waals surface area contributed by atoms with Gasteiger partial charge < -0.3 is 30.6 Å². The molecule has 3 aromatic heterocycles. The maximum absolute atomic E-state index is 11.1. The Labute approximate surface area is 195 Å². The van der Waals surface area contributed by atoms with Crippen LogP contribution in [0.15, 0.2) is 36.8 Å². The van der Waals surface area contributed by atoms with Crippen molar-refractivity contribution in [1.82, 2.24) is 19.5 Å². The molecule has 0 aromatic carbocycles. The van der Waals surface area contributed by atoms with Crippen LogP contribution < -0.4 is 11.1 Å². The van der Waals surface area contributed by atoms with Crippen molar-refractivity contribution in [2.24, 2.45) is 5.41 Å². The first-order valence-corrected chi connectivity index (χ1v) is 11.7. The van der Waals surface area contributed by atoms with Gasteiger partial charge in [-0.1, -0.05) is 24.0 Å². The summed E-state index contributed by atoms with van der Waals surface area (Å²) in [6.07, 6.45) is 6.30. The van der Waals surface area contributed by atoms with Crippen LogP contribution in [0.1, 0.15) is 29.5 Å². The second-order valence-electron chi connectivity index (χ2n) is 8.92. The Morgan fingerprint density at radius 3 is 2.97 bits per heavy atom. The Hall–Kier alpha value is -2.79. The number of nitrogen functional groups attached to an aromatic ring is 1. The third kappa shape index (κ3) is 3.63. The molecule has 0 radical (unpaired) electrons. The molecule has 33 heavy (non-hydrogen) atoms. The number of aliphatic hydroxyl groups is 2. The fraction of sp³-hybridized carbons (Fsp3) is 0.435. The summed E-state index contributed by atoms with van der Waals surface area (Å²) >= 11 is 1.58. The molecule has 1 saturated heterocycles. The van der Waals surface area contributed by atoms with Gasteiger partial charge in [0.15, 0.2) is 5.13 Å². The third-order valence-electron chi connectivity index (χ3n) is 6.93. The number of hydrogen-bond acceptors (Lipinski definition) is 9. The van der Waals surface area contributed by atoms with Crippen LogP contribution >= 0.6 is 11.3 Å². The van der Waals surface area contributed by atoms with Gasteiger partial charge in [0.05, 0.1) is 40.8 Å². The van der Waals surface area contributed by atoms with Crippen LogP contribution in [-0.2, 0) is 4.74 Å². The van der Waals surface area contributed by atoms with Gasteiger partial charge in [0.25, 0.3) is 0 Å². The molecule has 2 fully saturated rings. The number of aliphatic hydroxyl groups excluding tert-OH is 2. The number of nitrogens with zero attached hydrogens (tertiary/aromatic N) is 4. The van der Waals surface area contributed by atoms with Crippen LogP contribution in [0.5, 0.6) is 0 Å². The van der Waals surface area contributed by atoms with Crippen molar-refractivity contribution in [3.8, 4) is 0 Å². The van der Waals surface area contributed by atoms with Crippen molar-refractivity contribution in [3.05, 3.63) is 47.4 Å². The summed E-state index contributed by atoms with van der Waals surface area (Å²) in [6.45, 7) is 6.54. The standard InChI is InChI=1S/C23H28N6O3S/c1-12(4-5-17-13(2)28-22(25-3)33-17)16-9-23(10-32-16)8-15(18(30)19(23)31)29-7-6-14-20(24)26-11-27-21(14)29/h4-7,11,15-16,18-19,30-31H,1,8-10H2,2-3H3,(H,25,28)(H2,24,26,27)/b5-4-/t15-,16-,18+,19+,23-/m1/s1. The predicted molar refractivity (Wildman–Crippen MR) is 129 cm³/mol. The quantitative estimate of drug-likeness (QED) is 0.420. The monoisotopic (exact) mass is 468 g/mol. The number of ether oxygens (including phenoxy) is 1. The highest BCUT2D eigenvalue weighted by Gasteiger charge is 2.57. The lowest BCUT2D eigenvalue weighted by Crippen LogP contribution is -2.37. The topological polar surface area (TPSA) is 131 Å². The first-order valence-electron chi connectivity index (χ1n) is 10.9. The van der Waals surface area contributed by atoms with E-state index in [9.17, 15) is 10.2 Å². The lowest BCUT2D eigenvalue weighted by Gasteiger charge is -2.26. The van der Waals surface area contributed by atoms with Crippen molar-refractivity contribution in [2.45, 2.75) is 44.1 Å². The molecule has 0 amide bonds. The fourth-order valence-electron chi connectivity index (χ4n) is 5.05. The summed E-state index contributed by atoms with van der Waals surface area (Å²) in [7, 11) is 1.85. The van der Waals surface area contributed by atoms with Crippen LogP contribution in [0.4, 0.5) is 10.9 Å². The number of nitrogens with two attached hydrogens (primary N) is 1. The smallest absolute Gasteiger partial charge is 0.183 e. The second kappa shape index (κ2) is 8.21. The Balaban J connectivity index is 1.33. The maximum atomic E-state index is 11.1. The van der Waals surface area contributed by atoms with Gasteiger partial charge in [0.1, 0.15) is 23.9 Å². The van der Waals surface area contributed by atoms with Crippen LogP contribution in [0.2, 0.25) is 0 Å². The molecule has 0 bridgehead atoms. The average Bonchev–Trinajstić information content (AvgIpc) is 3.56. The summed E-state index contributed by atoms with van der Waals surface area (Å²) < 4.78 is 7.98. The van der Waals surface area contributed by atoms with E-state index in [1.807, 2.05) is 43.0 Å². The van der Waals surface area contributed by atoms with E-state index in [0.717, 1.165) is 26.7 Å². The molecular weight excluding hydrogens is 440 g/mol. The van der Waals surface area contributed by atoms with Crippen molar-refractivity contribution in [1.29, 1.82) is 0 Å². The number of aryl methyl sites for hydroxylation is 1. The highest BCUT2D eigenvalue weighted by Crippen LogP contribution is 2.52. The zero-order chi connectivity index (χ0) is 23.3. The molecule has 10 heteroatoms. The third-order valence-corrected chi connectivity index (χ3v) is 8.07. The van der Waals surface area contributed by atoms with E-state index < -0.39 is 17.6 Å². The molecule has 5 N–H and O–H groups in total. The number of nitrogens with one attached hydrogen (secondary N) is 1. The van der Waals surface area contributed by atoms with Crippen LogP contribution in [0.3, 0.4) is 0 Å². The van der Waals surface area contributed by atoms with Crippen molar-refractivity contribution >= 4 is 39.4 Å². The van der Waals surface area contributed by atoms with Gasteiger partial charge in [-0.25, -0.2) is 15.0 Å². The molecule has 1 saturated carbocycles. The SMILES string of the molecule is C=C(/C=C\c1sc(NC)nc1C)[C@H]1C[C@@]2(CO1)C[C@@H](n1ccc3c(N)ncnc31)[C@H](O)[C@@H]2O. The maximum Gasteiger partial charge on any atom is 0.183 e. The molecule has 3 aromatic rings. The van der Waals surface area contributed by atoms with Crippen LogP contribution in [-0.4, -0.2) is 61.7 Å². The van der Waals surface area contributed by atoms with E-state index in [2.05, 4.69) is 26.8 Å². The number of fused-ring (bicyclic) bond motifs is 1. The van der Waals surface area contributed by atoms with E-state index in [1.165, 1.54) is 6.33 Å². The molecular formula is C23H28N6O3S. The van der Waals surface area contributed by atoms with Gasteiger partial charge in [-0.2, -0.15) is 0 Å². The summed E-state index contributed by atoms with van der Waals surface area (Å²) in [5.74, 6) is 0.395. The molecule has 5 rings (SSSR count). The van der Waals surface area contributed by atoms with E-state index in [1.54, 1.807) is 11.3 Å². The summed E-state index contributed by atoms with van der Waals surface area (Å²) in [5, 5.41) is 26.7. The highest BCUT2D eigenvalue weighted by molar-refractivity contribution is 7.16. The van der Waals surface area contributed by atoms with Crippen LogP contribution in [0, 0.1) is 12.3 Å². The summed E-state index contributed by atoms with van der Waals surface area (Å²) in [6, 6.07) is 1.51. The number of thiazole rings is 1. The largest absolute Gasteiger partial charge is 0.390 e. The predicted octanol–water partition coefficient (Wildman–Crippen LogP) is 2.53. The number of anilines is 2. The van der Waals surface area contributed by atoms with Crippen LogP contribution in [0.25, 0.3) is 17.1 Å². The first-order chi connectivity index (χ1) is 15.8. The lowest BCUT2D eigenvalue weighted by molar-refractivity contribution is -0.0306. The van der Waals surface area contributed by atoms with E-state index >= 15 is 0 Å². The molecule has 4 heterocycles. The first kappa shape index (κ1) is 22.0. The van der Waals surface area contributed by atoms with Crippen molar-refractivity contribution in [2.75, 3.05) is 24.7 Å². The molecule has 174 valence electrons. The Bertz CT molecular complexity index is 1240. The fourth-order valence-corrected chi connectivity index (χ4v) is 5.87. The van der Waals surface area contributed by atoms with Crippen molar-refractivity contribution < 1.29 is 14.9 Å². The number of rotatable bonds is 5. The molecule has 1 spiro atoms.